The standard InChI is InChI=1S/C19H17ClF.C3H9NO.C2H6.CH3.Y/c1-5-11-14(6-2)19(18(21)8-4)15(7-3)16-12-9-10-13-17(16)20;1-4(2)5-3;1-2;;/h5,7-13H,1-3H2,4H3;1-3H3;1-2H3;1H3;/q-1;;;-1;/b14-11+,18-8+,19-15+;;;;. The van der Waals surface area contributed by atoms with Gasteiger partial charge in [0.2, 0.25) is 0 Å². The van der Waals surface area contributed by atoms with Gasteiger partial charge in [-0.3, -0.25) is 0 Å². The summed E-state index contributed by atoms with van der Waals surface area (Å²) in [6, 6.07) is 7.22. The van der Waals surface area contributed by atoms with E-state index in [2.05, 4.69) is 30.7 Å². The Morgan fingerprint density at radius 1 is 1.20 bits per heavy atom. The minimum absolute atomic E-state index is 0. The van der Waals surface area contributed by atoms with Crippen molar-refractivity contribution in [3.05, 3.63) is 109 Å². The van der Waals surface area contributed by atoms with E-state index in [0.29, 0.717) is 27.3 Å². The van der Waals surface area contributed by atoms with Gasteiger partial charge in [0, 0.05) is 51.8 Å². The zero-order valence-corrected chi connectivity index (χ0v) is 23.0. The molecule has 0 N–H and O–H groups in total. The van der Waals surface area contributed by atoms with Crippen LogP contribution < -0.4 is 0 Å². The molecule has 30 heavy (non-hydrogen) atoms. The van der Waals surface area contributed by atoms with E-state index in [-0.39, 0.29) is 40.1 Å². The molecule has 1 rings (SSSR count). The molecule has 1 aromatic rings. The van der Waals surface area contributed by atoms with Gasteiger partial charge in [-0.15, -0.1) is 12.7 Å². The van der Waals surface area contributed by atoms with Crippen molar-refractivity contribution in [2.75, 3.05) is 21.2 Å². The number of hydroxylamine groups is 2. The second-order valence-electron chi connectivity index (χ2n) is 5.10. The summed E-state index contributed by atoms with van der Waals surface area (Å²) in [6.45, 7) is 16.6. The van der Waals surface area contributed by atoms with Crippen molar-refractivity contribution < 1.29 is 41.9 Å². The summed E-state index contributed by atoms with van der Waals surface area (Å²) in [5, 5.41) is 2.15. The van der Waals surface area contributed by atoms with Crippen LogP contribution in [-0.4, -0.2) is 26.3 Å². The van der Waals surface area contributed by atoms with Crippen molar-refractivity contribution in [2.45, 2.75) is 20.8 Å². The van der Waals surface area contributed by atoms with Crippen LogP contribution in [-0.2, 0) is 37.5 Å². The van der Waals surface area contributed by atoms with Gasteiger partial charge in [0.05, 0.1) is 12.9 Å². The Morgan fingerprint density at radius 2 is 1.70 bits per heavy atom. The van der Waals surface area contributed by atoms with E-state index in [1.54, 1.807) is 43.4 Å². The van der Waals surface area contributed by atoms with Gasteiger partial charge in [0.1, 0.15) is 0 Å². The summed E-state index contributed by atoms with van der Waals surface area (Å²) >= 11 is 6.22. The van der Waals surface area contributed by atoms with E-state index in [9.17, 15) is 4.39 Å². The third-order valence-corrected chi connectivity index (χ3v) is 3.57. The summed E-state index contributed by atoms with van der Waals surface area (Å²) < 4.78 is 14.4. The molecule has 5 heteroatoms. The Kier molecular flexibility index (Phi) is 27.3. The van der Waals surface area contributed by atoms with Gasteiger partial charge < -0.3 is 12.3 Å². The van der Waals surface area contributed by atoms with Gasteiger partial charge >= 0.3 is 0 Å². The van der Waals surface area contributed by atoms with Gasteiger partial charge in [-0.25, -0.2) is 4.39 Å². The summed E-state index contributed by atoms with van der Waals surface area (Å²) in [4.78, 5) is 4.58. The number of allylic oxidation sites excluding steroid dienone is 9. The van der Waals surface area contributed by atoms with E-state index in [4.69, 9.17) is 11.6 Å². The molecule has 0 aliphatic carbocycles. The molecular weight excluding hydrogens is 474 g/mol. The predicted octanol–water partition coefficient (Wildman–Crippen LogP) is 7.84. The van der Waals surface area contributed by atoms with Crippen molar-refractivity contribution in [3.8, 4) is 0 Å². The fraction of sp³-hybridized carbons (Fsp3) is 0.240. The number of rotatable bonds is 7. The number of benzene rings is 1. The first kappa shape index (κ1) is 36.3. The fourth-order valence-electron chi connectivity index (χ4n) is 1.92. The summed E-state index contributed by atoms with van der Waals surface area (Å²) in [6.07, 6.45) is 8.89. The number of nitrogens with zero attached hydrogens (tertiary/aromatic N) is 1. The Balaban J connectivity index is -0.000000329. The molecule has 0 bridgehead atoms. The molecule has 1 radical (unpaired) electrons. The van der Waals surface area contributed by atoms with Crippen LogP contribution in [0.15, 0.2) is 85.3 Å². The van der Waals surface area contributed by atoms with Crippen LogP contribution in [0.2, 0.25) is 5.02 Å². The third kappa shape index (κ3) is 13.3. The molecule has 0 fully saturated rings. The molecule has 2 nitrogen and oxygen atoms in total. The first-order valence-corrected chi connectivity index (χ1v) is 9.27. The third-order valence-electron chi connectivity index (χ3n) is 3.24. The van der Waals surface area contributed by atoms with E-state index < -0.39 is 5.83 Å². The molecule has 0 saturated heterocycles. The molecule has 0 unspecified atom stereocenters. The minimum Gasteiger partial charge on any atom is -0.358 e. The first-order chi connectivity index (χ1) is 13.4. The first-order valence-electron chi connectivity index (χ1n) is 8.89. The van der Waals surface area contributed by atoms with Gasteiger partial charge in [0.15, 0.2) is 0 Å². The smallest absolute Gasteiger partial charge is 0.0721 e. The van der Waals surface area contributed by atoms with E-state index >= 15 is 0 Å². The monoisotopic (exact) mass is 508 g/mol. The second-order valence-corrected chi connectivity index (χ2v) is 5.50. The molecule has 0 spiro atoms. The Labute approximate surface area is 214 Å². The molecule has 0 saturated carbocycles. The quantitative estimate of drug-likeness (QED) is 0.211. The maximum Gasteiger partial charge on any atom is 0.0721 e. The SMILES string of the molecule is C=[C-]C(=C\C=C)/C(C(/F)=C\C)=C(/C=C)c1ccccc1Cl.CC.CON(C)C.[CH3-].[Y]. The van der Waals surface area contributed by atoms with E-state index in [0.717, 1.165) is 0 Å². The zero-order chi connectivity index (χ0) is 22.1. The van der Waals surface area contributed by atoms with Crippen LogP contribution in [0.25, 0.3) is 5.57 Å². The Morgan fingerprint density at radius 3 is 2.03 bits per heavy atom. The summed E-state index contributed by atoms with van der Waals surface area (Å²) in [7, 11) is 5.29. The van der Waals surface area contributed by atoms with Gasteiger partial charge in [-0.2, -0.15) is 29.4 Å². The number of halogens is 2. The van der Waals surface area contributed by atoms with Crippen LogP contribution in [0, 0.1) is 13.5 Å². The Hall–Kier alpha value is -1.10. The van der Waals surface area contributed by atoms with Crippen LogP contribution in [0.3, 0.4) is 0 Å². The topological polar surface area (TPSA) is 12.5 Å². The van der Waals surface area contributed by atoms with Crippen molar-refractivity contribution >= 4 is 17.2 Å². The minimum atomic E-state index is -0.394. The maximum absolute atomic E-state index is 14.4. The molecule has 0 atom stereocenters. The van der Waals surface area contributed by atoms with Gasteiger partial charge in [0.25, 0.3) is 0 Å². The van der Waals surface area contributed by atoms with Crippen LogP contribution in [0.1, 0.15) is 26.3 Å². The van der Waals surface area contributed by atoms with Crippen molar-refractivity contribution in [1.29, 1.82) is 0 Å². The molecule has 165 valence electrons. The molecule has 1 aromatic carbocycles. The number of hydrogen-bond donors (Lipinski definition) is 0. The molecular formula is C25H35ClFNOY-2. The predicted molar refractivity (Wildman–Crippen MR) is 129 cm³/mol. The Bertz CT molecular complexity index is 722. The average molecular weight is 509 g/mol. The van der Waals surface area contributed by atoms with Crippen molar-refractivity contribution in [3.63, 3.8) is 0 Å². The molecule has 0 amide bonds. The molecule has 0 aromatic heterocycles. The van der Waals surface area contributed by atoms with Crippen molar-refractivity contribution in [1.82, 2.24) is 5.06 Å². The molecule has 0 heterocycles. The average Bonchev–Trinajstić information content (AvgIpc) is 2.72. The van der Waals surface area contributed by atoms with Crippen LogP contribution >= 0.6 is 11.6 Å². The number of hydrogen-bond acceptors (Lipinski definition) is 2. The van der Waals surface area contributed by atoms with Crippen LogP contribution in [0.4, 0.5) is 4.39 Å². The maximum atomic E-state index is 14.4. The van der Waals surface area contributed by atoms with Gasteiger partial charge in [-0.1, -0.05) is 73.5 Å². The summed E-state index contributed by atoms with van der Waals surface area (Å²) in [5.74, 6) is -0.394. The zero-order valence-electron chi connectivity index (χ0n) is 19.4. The largest absolute Gasteiger partial charge is 0.358 e. The second kappa shape index (κ2) is 22.6. The van der Waals surface area contributed by atoms with Gasteiger partial charge in [-0.05, 0) is 18.6 Å². The summed E-state index contributed by atoms with van der Waals surface area (Å²) in [5.41, 5.74) is 2.12. The van der Waals surface area contributed by atoms with E-state index in [1.807, 2.05) is 46.1 Å². The molecule has 0 aliphatic heterocycles. The fourth-order valence-corrected chi connectivity index (χ4v) is 2.16. The van der Waals surface area contributed by atoms with Crippen LogP contribution in [0.5, 0.6) is 0 Å². The van der Waals surface area contributed by atoms with E-state index in [1.165, 1.54) is 6.08 Å². The molecule has 0 aliphatic rings. The van der Waals surface area contributed by atoms with Crippen molar-refractivity contribution in [2.24, 2.45) is 0 Å². The normalized spacial score (nSPS) is 11.2.